The predicted octanol–water partition coefficient (Wildman–Crippen LogP) is 2.60. The molecule has 0 aliphatic carbocycles. The summed E-state index contributed by atoms with van der Waals surface area (Å²) in [5, 5.41) is 9.57. The van der Waals surface area contributed by atoms with Crippen LogP contribution < -0.4 is 5.56 Å². The van der Waals surface area contributed by atoms with Gasteiger partial charge >= 0.3 is 5.56 Å². The number of rotatable bonds is 2. The van der Waals surface area contributed by atoms with Crippen molar-refractivity contribution in [2.75, 3.05) is 0 Å². The molecule has 1 aromatic carbocycles. The van der Waals surface area contributed by atoms with E-state index in [9.17, 15) is 4.79 Å². The Hall–Kier alpha value is -3.35. The highest BCUT2D eigenvalue weighted by Crippen LogP contribution is 2.20. The van der Waals surface area contributed by atoms with Crippen LogP contribution in [-0.2, 0) is 0 Å². The molecular weight excluding hydrogens is 328 g/mol. The third kappa shape index (κ3) is 2.48. The van der Waals surface area contributed by atoms with E-state index in [4.69, 9.17) is 0 Å². The van der Waals surface area contributed by atoms with Gasteiger partial charge in [0.1, 0.15) is 5.52 Å². The first-order valence-corrected chi connectivity index (χ1v) is 8.32. The third-order valence-corrected chi connectivity index (χ3v) is 4.31. The van der Waals surface area contributed by atoms with Crippen molar-refractivity contribution in [1.29, 1.82) is 0 Å². The Balaban J connectivity index is 2.07. The van der Waals surface area contributed by atoms with E-state index in [1.165, 1.54) is 4.68 Å². The largest absolute Gasteiger partial charge is 0.300 e. The van der Waals surface area contributed by atoms with E-state index in [1.54, 1.807) is 10.9 Å². The summed E-state index contributed by atoms with van der Waals surface area (Å²) < 4.78 is 2.93. The Morgan fingerprint density at radius 2 is 1.62 bits per heavy atom. The minimum Gasteiger partial charge on any atom is -0.265 e. The van der Waals surface area contributed by atoms with Crippen LogP contribution in [0.4, 0.5) is 0 Å². The highest BCUT2D eigenvalue weighted by atomic mass is 16.1. The van der Waals surface area contributed by atoms with E-state index >= 15 is 0 Å². The van der Waals surface area contributed by atoms with Gasteiger partial charge in [0, 0.05) is 16.8 Å². The van der Waals surface area contributed by atoms with Gasteiger partial charge in [-0.3, -0.25) is 4.79 Å². The van der Waals surface area contributed by atoms with Gasteiger partial charge in [-0.2, -0.15) is 14.9 Å². The zero-order valence-electron chi connectivity index (χ0n) is 15.1. The summed E-state index contributed by atoms with van der Waals surface area (Å²) in [4.78, 5) is 22.0. The fraction of sp³-hybridized carbons (Fsp3) is 0.211. The average Bonchev–Trinajstić information content (AvgIpc) is 3.03. The lowest BCUT2D eigenvalue weighted by molar-refractivity contribution is 0.733. The van der Waals surface area contributed by atoms with Gasteiger partial charge in [-0.1, -0.05) is 18.2 Å². The Bertz CT molecular complexity index is 1180. The van der Waals surface area contributed by atoms with Crippen LogP contribution in [0.15, 0.2) is 41.3 Å². The molecule has 0 N–H and O–H groups in total. The van der Waals surface area contributed by atoms with Gasteiger partial charge in [0.15, 0.2) is 0 Å². The van der Waals surface area contributed by atoms with E-state index in [-0.39, 0.29) is 11.5 Å². The van der Waals surface area contributed by atoms with Gasteiger partial charge in [0.2, 0.25) is 0 Å². The summed E-state index contributed by atoms with van der Waals surface area (Å²) in [5.41, 5.74) is 4.32. The van der Waals surface area contributed by atoms with Crippen LogP contribution in [0.2, 0.25) is 0 Å². The fourth-order valence-electron chi connectivity index (χ4n) is 3.09. The van der Waals surface area contributed by atoms with E-state index in [0.29, 0.717) is 11.2 Å². The van der Waals surface area contributed by atoms with Gasteiger partial charge in [0.05, 0.1) is 17.6 Å². The molecular formula is C19H18N6O. The van der Waals surface area contributed by atoms with Crippen LogP contribution in [0, 0.1) is 27.7 Å². The summed E-state index contributed by atoms with van der Waals surface area (Å²) in [6.45, 7) is 7.58. The van der Waals surface area contributed by atoms with Crippen molar-refractivity contribution < 1.29 is 0 Å². The number of aryl methyl sites for hydroxylation is 4. The van der Waals surface area contributed by atoms with Gasteiger partial charge < -0.3 is 0 Å². The standard InChI is InChI=1S/C19H18N6O/c1-11-7-5-6-8-16(11)24-17-15(10-20-24)14(4)23-25(18(17)26)19-21-12(2)9-13(3)22-19/h5-10H,1-4H3. The van der Waals surface area contributed by atoms with Crippen molar-refractivity contribution in [3.05, 3.63) is 69.5 Å². The molecule has 3 aromatic heterocycles. The first-order valence-electron chi connectivity index (χ1n) is 8.32. The summed E-state index contributed by atoms with van der Waals surface area (Å²) in [7, 11) is 0. The van der Waals surface area contributed by atoms with Gasteiger partial charge in [-0.15, -0.1) is 0 Å². The number of hydrogen-bond acceptors (Lipinski definition) is 5. The molecule has 0 fully saturated rings. The lowest BCUT2D eigenvalue weighted by Crippen LogP contribution is -2.26. The van der Waals surface area contributed by atoms with Gasteiger partial charge in [-0.05, 0) is 45.4 Å². The van der Waals surface area contributed by atoms with Gasteiger partial charge in [0.25, 0.3) is 5.95 Å². The average molecular weight is 346 g/mol. The first kappa shape index (κ1) is 16.1. The maximum absolute atomic E-state index is 13.2. The normalized spacial score (nSPS) is 11.2. The molecule has 0 bridgehead atoms. The number of para-hydroxylation sites is 1. The molecule has 0 aliphatic rings. The zero-order valence-corrected chi connectivity index (χ0v) is 15.1. The predicted molar refractivity (Wildman–Crippen MR) is 99.0 cm³/mol. The van der Waals surface area contributed by atoms with Crippen molar-refractivity contribution in [3.8, 4) is 11.6 Å². The molecule has 0 unspecified atom stereocenters. The summed E-state index contributed by atoms with van der Waals surface area (Å²) >= 11 is 0. The molecule has 0 amide bonds. The summed E-state index contributed by atoms with van der Waals surface area (Å²) in [6, 6.07) is 9.67. The molecule has 7 heteroatoms. The van der Waals surface area contributed by atoms with Gasteiger partial charge in [-0.25, -0.2) is 14.6 Å². The lowest BCUT2D eigenvalue weighted by Gasteiger charge is -2.09. The molecule has 4 rings (SSSR count). The van der Waals surface area contributed by atoms with Crippen LogP contribution in [0.1, 0.15) is 22.6 Å². The maximum Gasteiger partial charge on any atom is 0.300 e. The molecule has 4 aromatic rings. The third-order valence-electron chi connectivity index (χ3n) is 4.31. The molecule has 0 spiro atoms. The van der Waals surface area contributed by atoms with Crippen LogP contribution in [-0.4, -0.2) is 29.5 Å². The Labute approximate surface area is 150 Å². The number of benzene rings is 1. The molecule has 3 heterocycles. The lowest BCUT2D eigenvalue weighted by atomic mass is 10.2. The number of aromatic nitrogens is 6. The Morgan fingerprint density at radius 3 is 2.31 bits per heavy atom. The molecule has 0 atom stereocenters. The molecule has 0 aliphatic heterocycles. The maximum atomic E-state index is 13.2. The highest BCUT2D eigenvalue weighted by Gasteiger charge is 2.18. The smallest absolute Gasteiger partial charge is 0.265 e. The van der Waals surface area contributed by atoms with Crippen LogP contribution in [0.25, 0.3) is 22.5 Å². The second-order valence-electron chi connectivity index (χ2n) is 6.36. The van der Waals surface area contributed by atoms with Crippen molar-refractivity contribution >= 4 is 10.9 Å². The van der Waals surface area contributed by atoms with E-state index in [0.717, 1.165) is 28.0 Å². The minimum atomic E-state index is -0.295. The van der Waals surface area contributed by atoms with E-state index in [2.05, 4.69) is 20.2 Å². The number of hydrogen-bond donors (Lipinski definition) is 0. The summed E-state index contributed by atoms with van der Waals surface area (Å²) in [5.74, 6) is 0.273. The van der Waals surface area contributed by atoms with E-state index in [1.807, 2.05) is 58.0 Å². The minimum absolute atomic E-state index is 0.273. The topological polar surface area (TPSA) is 78.5 Å². The van der Waals surface area contributed by atoms with Crippen LogP contribution in [0.5, 0.6) is 0 Å². The molecule has 0 saturated carbocycles. The monoisotopic (exact) mass is 346 g/mol. The van der Waals surface area contributed by atoms with Crippen molar-refractivity contribution in [2.24, 2.45) is 0 Å². The second kappa shape index (κ2) is 5.87. The van der Waals surface area contributed by atoms with Crippen molar-refractivity contribution in [2.45, 2.75) is 27.7 Å². The quantitative estimate of drug-likeness (QED) is 0.557. The Morgan fingerprint density at radius 1 is 0.923 bits per heavy atom. The second-order valence-corrected chi connectivity index (χ2v) is 6.36. The number of nitrogens with zero attached hydrogens (tertiary/aromatic N) is 6. The molecule has 0 saturated heterocycles. The molecule has 7 nitrogen and oxygen atoms in total. The Kier molecular flexibility index (Phi) is 3.64. The zero-order chi connectivity index (χ0) is 18.4. The van der Waals surface area contributed by atoms with Crippen molar-refractivity contribution in [3.63, 3.8) is 0 Å². The molecule has 130 valence electrons. The number of fused-ring (bicyclic) bond motifs is 1. The summed E-state index contributed by atoms with van der Waals surface area (Å²) in [6.07, 6.45) is 1.68. The van der Waals surface area contributed by atoms with Crippen LogP contribution in [0.3, 0.4) is 0 Å². The SMILES string of the molecule is Cc1cc(C)nc(-n2nc(C)c3cnn(-c4ccccc4C)c3c2=O)n1. The van der Waals surface area contributed by atoms with E-state index < -0.39 is 0 Å². The highest BCUT2D eigenvalue weighted by molar-refractivity contribution is 5.81. The fourth-order valence-corrected chi connectivity index (χ4v) is 3.09. The van der Waals surface area contributed by atoms with Crippen molar-refractivity contribution in [1.82, 2.24) is 29.5 Å². The first-order chi connectivity index (χ1) is 12.5. The molecule has 0 radical (unpaired) electrons. The molecule has 26 heavy (non-hydrogen) atoms. The van der Waals surface area contributed by atoms with Crippen LogP contribution >= 0.6 is 0 Å².